The van der Waals surface area contributed by atoms with Crippen LogP contribution in [0.3, 0.4) is 0 Å². The number of aromatic nitrogens is 2. The minimum Gasteiger partial charge on any atom is -0.461 e. The molecule has 8 heteroatoms. The number of thiophene rings is 1. The van der Waals surface area contributed by atoms with Crippen LogP contribution in [0.5, 0.6) is 0 Å². The van der Waals surface area contributed by atoms with Crippen molar-refractivity contribution in [2.75, 3.05) is 11.9 Å². The number of nitrogens with zero attached hydrogens (tertiary/aromatic N) is 2. The van der Waals surface area contributed by atoms with Crippen molar-refractivity contribution >= 4 is 39.0 Å². The second-order valence-corrected chi connectivity index (χ2v) is 9.18. The molecule has 0 radical (unpaired) electrons. The van der Waals surface area contributed by atoms with Crippen molar-refractivity contribution in [1.29, 1.82) is 0 Å². The van der Waals surface area contributed by atoms with E-state index >= 15 is 0 Å². The maximum absolute atomic E-state index is 13.5. The average Bonchev–Trinajstić information content (AvgIpc) is 3.26. The molecule has 2 aromatic heterocycles. The van der Waals surface area contributed by atoms with E-state index in [4.69, 9.17) is 4.74 Å². The fourth-order valence-corrected chi connectivity index (χ4v) is 4.76. The Bertz CT molecular complexity index is 1440. The normalized spacial score (nSPS) is 10.9. The van der Waals surface area contributed by atoms with Crippen molar-refractivity contribution in [2.45, 2.75) is 40.0 Å². The predicted molar refractivity (Wildman–Crippen MR) is 139 cm³/mol. The third kappa shape index (κ3) is 5.33. The number of carbonyl (C=O) groups excluding carboxylic acids is 2. The predicted octanol–water partition coefficient (Wildman–Crippen LogP) is 5.20. The number of hydrogen-bond donors (Lipinski definition) is 1. The number of fused-ring (bicyclic) bond motifs is 1. The van der Waals surface area contributed by atoms with Crippen molar-refractivity contribution in [3.8, 4) is 5.69 Å². The van der Waals surface area contributed by atoms with Gasteiger partial charge >= 0.3 is 5.97 Å². The van der Waals surface area contributed by atoms with E-state index in [0.717, 1.165) is 17.5 Å². The summed E-state index contributed by atoms with van der Waals surface area (Å²) in [5.41, 5.74) is 3.41. The fourth-order valence-electron chi connectivity index (χ4n) is 3.81. The first-order valence-corrected chi connectivity index (χ1v) is 12.4. The Morgan fingerprint density at radius 1 is 1.09 bits per heavy atom. The second kappa shape index (κ2) is 10.7. The largest absolute Gasteiger partial charge is 0.461 e. The summed E-state index contributed by atoms with van der Waals surface area (Å²) in [7, 11) is 0. The molecule has 35 heavy (non-hydrogen) atoms. The van der Waals surface area contributed by atoms with Gasteiger partial charge in [0.1, 0.15) is 5.00 Å². The quantitative estimate of drug-likeness (QED) is 0.344. The van der Waals surface area contributed by atoms with Crippen LogP contribution in [0.25, 0.3) is 16.5 Å². The Morgan fingerprint density at radius 2 is 1.86 bits per heavy atom. The van der Waals surface area contributed by atoms with Gasteiger partial charge in [0.2, 0.25) is 5.91 Å². The van der Waals surface area contributed by atoms with E-state index in [1.54, 1.807) is 18.4 Å². The van der Waals surface area contributed by atoms with Gasteiger partial charge in [-0.3, -0.25) is 9.59 Å². The molecule has 0 unspecified atom stereocenters. The van der Waals surface area contributed by atoms with Gasteiger partial charge < -0.3 is 10.1 Å². The molecule has 4 rings (SSSR count). The highest BCUT2D eigenvalue weighted by Crippen LogP contribution is 2.31. The third-order valence-electron chi connectivity index (χ3n) is 5.82. The van der Waals surface area contributed by atoms with Crippen LogP contribution in [0.2, 0.25) is 0 Å². The molecule has 180 valence electrons. The van der Waals surface area contributed by atoms with Crippen LogP contribution < -0.4 is 10.9 Å². The van der Waals surface area contributed by atoms with Crippen LogP contribution in [-0.4, -0.2) is 28.3 Å². The maximum atomic E-state index is 13.5. The summed E-state index contributed by atoms with van der Waals surface area (Å²) in [5, 5.41) is 9.93. The Kier molecular flexibility index (Phi) is 7.41. The highest BCUT2D eigenvalue weighted by atomic mass is 32.1. The number of anilines is 1. The van der Waals surface area contributed by atoms with Gasteiger partial charge in [-0.1, -0.05) is 36.4 Å². The molecule has 0 aliphatic heterocycles. The summed E-state index contributed by atoms with van der Waals surface area (Å²) in [6.07, 6.45) is 1.78. The van der Waals surface area contributed by atoms with Crippen molar-refractivity contribution in [3.63, 3.8) is 0 Å². The van der Waals surface area contributed by atoms with Crippen LogP contribution in [0.1, 0.15) is 46.9 Å². The molecule has 0 bridgehead atoms. The smallest absolute Gasteiger partial charge is 0.359 e. The molecular weight excluding hydrogens is 462 g/mol. The Balaban J connectivity index is 1.68. The fraction of sp³-hybridized carbons (Fsp3) is 0.259. The molecule has 0 aliphatic rings. The molecule has 1 amide bonds. The molecule has 0 spiro atoms. The van der Waals surface area contributed by atoms with E-state index < -0.39 is 11.5 Å². The number of aryl methyl sites for hydroxylation is 3. The number of nitrogens with one attached hydrogen (secondary N) is 1. The number of benzene rings is 2. The van der Waals surface area contributed by atoms with Gasteiger partial charge in [0.25, 0.3) is 5.56 Å². The highest BCUT2D eigenvalue weighted by molar-refractivity contribution is 7.16. The average molecular weight is 490 g/mol. The molecule has 7 nitrogen and oxygen atoms in total. The monoisotopic (exact) mass is 489 g/mol. The van der Waals surface area contributed by atoms with Gasteiger partial charge in [-0.2, -0.15) is 9.78 Å². The molecule has 1 N–H and O–H groups in total. The van der Waals surface area contributed by atoms with E-state index in [-0.39, 0.29) is 23.6 Å². The lowest BCUT2D eigenvalue weighted by molar-refractivity contribution is -0.116. The highest BCUT2D eigenvalue weighted by Gasteiger charge is 2.23. The van der Waals surface area contributed by atoms with E-state index in [1.807, 2.05) is 56.3 Å². The lowest BCUT2D eigenvalue weighted by Gasteiger charge is -2.11. The molecular formula is C27H27N3O4S. The lowest BCUT2D eigenvalue weighted by Crippen LogP contribution is -2.25. The van der Waals surface area contributed by atoms with E-state index in [1.165, 1.54) is 21.6 Å². The van der Waals surface area contributed by atoms with Gasteiger partial charge in [-0.05, 0) is 62.4 Å². The molecule has 0 fully saturated rings. The summed E-state index contributed by atoms with van der Waals surface area (Å²) < 4.78 is 6.40. The molecule has 0 saturated carbocycles. The van der Waals surface area contributed by atoms with Crippen molar-refractivity contribution < 1.29 is 14.3 Å². The van der Waals surface area contributed by atoms with Crippen LogP contribution >= 0.6 is 11.3 Å². The first-order chi connectivity index (χ1) is 16.9. The zero-order valence-corrected chi connectivity index (χ0v) is 20.8. The van der Waals surface area contributed by atoms with Crippen LogP contribution in [-0.2, 0) is 16.0 Å². The molecule has 4 aromatic rings. The van der Waals surface area contributed by atoms with Gasteiger partial charge in [0, 0.05) is 17.2 Å². The van der Waals surface area contributed by atoms with Gasteiger partial charge in [-0.25, -0.2) is 4.79 Å². The van der Waals surface area contributed by atoms with Crippen LogP contribution in [0, 0.1) is 13.8 Å². The topological polar surface area (TPSA) is 90.3 Å². The minimum absolute atomic E-state index is 0.0421. The van der Waals surface area contributed by atoms with Crippen LogP contribution in [0.15, 0.2) is 58.7 Å². The maximum Gasteiger partial charge on any atom is 0.359 e. The number of rotatable bonds is 8. The summed E-state index contributed by atoms with van der Waals surface area (Å²) >= 11 is 1.20. The zero-order chi connectivity index (χ0) is 24.9. The number of ether oxygens (including phenoxy) is 1. The van der Waals surface area contributed by atoms with Gasteiger partial charge in [0.15, 0.2) is 5.69 Å². The lowest BCUT2D eigenvalue weighted by atomic mass is 10.1. The minimum atomic E-state index is -0.617. The second-order valence-electron chi connectivity index (χ2n) is 8.30. The van der Waals surface area contributed by atoms with Crippen molar-refractivity contribution in [2.24, 2.45) is 0 Å². The molecule has 2 heterocycles. The van der Waals surface area contributed by atoms with Crippen molar-refractivity contribution in [1.82, 2.24) is 9.78 Å². The number of esters is 1. The first-order valence-electron chi connectivity index (χ1n) is 11.5. The standard InChI is InChI=1S/C27H27N3O4S/c1-4-34-27(33)24-21-16-35-25(28-22(31)12-8-11-19-9-6-5-7-10-19)23(21)26(32)30(29-24)20-14-13-17(2)18(3)15-20/h5-7,9-10,13-16H,4,8,11-12H2,1-3H3,(H,28,31). The first kappa shape index (κ1) is 24.3. The third-order valence-corrected chi connectivity index (χ3v) is 6.72. The summed E-state index contributed by atoms with van der Waals surface area (Å²) in [4.78, 5) is 38.9. The number of carbonyl (C=O) groups is 2. The zero-order valence-electron chi connectivity index (χ0n) is 20.0. The Labute approximate surface area is 207 Å². The molecule has 2 aromatic carbocycles. The van der Waals surface area contributed by atoms with Gasteiger partial charge in [0.05, 0.1) is 17.7 Å². The SMILES string of the molecule is CCOC(=O)c1nn(-c2ccc(C)c(C)c2)c(=O)c2c(NC(=O)CCCc3ccccc3)scc12. The summed E-state index contributed by atoms with van der Waals surface area (Å²) in [6, 6.07) is 15.5. The summed E-state index contributed by atoms with van der Waals surface area (Å²) in [6.45, 7) is 5.82. The van der Waals surface area contributed by atoms with E-state index in [9.17, 15) is 14.4 Å². The molecule has 0 aliphatic carbocycles. The van der Waals surface area contributed by atoms with E-state index in [2.05, 4.69) is 10.4 Å². The van der Waals surface area contributed by atoms with Crippen LogP contribution in [0.4, 0.5) is 5.00 Å². The molecule has 0 atom stereocenters. The summed E-state index contributed by atoms with van der Waals surface area (Å²) in [5.74, 6) is -0.801. The Morgan fingerprint density at radius 3 is 2.57 bits per heavy atom. The Hall–Kier alpha value is -3.78. The van der Waals surface area contributed by atoms with Gasteiger partial charge in [-0.15, -0.1) is 11.3 Å². The number of hydrogen-bond acceptors (Lipinski definition) is 6. The van der Waals surface area contributed by atoms with Crippen molar-refractivity contribution in [3.05, 3.63) is 86.6 Å². The number of amides is 1. The van der Waals surface area contributed by atoms with E-state index in [0.29, 0.717) is 28.9 Å². The molecule has 0 saturated heterocycles.